The Balaban J connectivity index is 2.44. The minimum atomic E-state index is -3.20. The Bertz CT molecular complexity index is 480. The van der Waals surface area contributed by atoms with Crippen LogP contribution >= 0.6 is 0 Å². The number of hydrogen-bond acceptors (Lipinski definition) is 3. The second-order valence-corrected chi connectivity index (χ2v) is 5.80. The molecule has 92 valence electrons. The van der Waals surface area contributed by atoms with E-state index in [4.69, 9.17) is 0 Å². The summed E-state index contributed by atoms with van der Waals surface area (Å²) in [6.45, 7) is 3.36. The molecular formula is C12H15NO3S. The summed E-state index contributed by atoms with van der Waals surface area (Å²) < 4.78 is 22.7. The molecule has 1 rings (SSSR count). The van der Waals surface area contributed by atoms with E-state index in [1.807, 2.05) is 6.07 Å². The number of nitrogens with one attached hydrogen (secondary N) is 1. The molecule has 0 atom stereocenters. The molecule has 1 aromatic carbocycles. The van der Waals surface area contributed by atoms with Crippen molar-refractivity contribution in [2.75, 3.05) is 16.8 Å². The fraction of sp³-hybridized carbons (Fsp3) is 0.250. The Hall–Kier alpha value is -1.62. The zero-order valence-corrected chi connectivity index (χ0v) is 10.2. The zero-order valence-electron chi connectivity index (χ0n) is 9.43. The van der Waals surface area contributed by atoms with Gasteiger partial charge in [-0.1, -0.05) is 24.3 Å². The minimum absolute atomic E-state index is 0.0366. The van der Waals surface area contributed by atoms with Crippen LogP contribution in [0.15, 0.2) is 43.0 Å². The Morgan fingerprint density at radius 3 is 2.53 bits per heavy atom. The van der Waals surface area contributed by atoms with Crippen LogP contribution < -0.4 is 5.32 Å². The van der Waals surface area contributed by atoms with Crippen molar-refractivity contribution < 1.29 is 13.2 Å². The van der Waals surface area contributed by atoms with E-state index in [0.717, 1.165) is 0 Å². The first-order valence-corrected chi connectivity index (χ1v) is 7.02. The first-order chi connectivity index (χ1) is 8.03. The molecule has 0 unspecified atom stereocenters. The van der Waals surface area contributed by atoms with Gasteiger partial charge < -0.3 is 5.32 Å². The van der Waals surface area contributed by atoms with Gasteiger partial charge in [-0.25, -0.2) is 8.42 Å². The van der Waals surface area contributed by atoms with Crippen LogP contribution in [0.1, 0.15) is 6.42 Å². The normalized spacial score (nSPS) is 10.8. The SMILES string of the molecule is C=CCS(=O)(=O)CCC(=O)Nc1ccccc1. The van der Waals surface area contributed by atoms with Gasteiger partial charge in [0.1, 0.15) is 0 Å². The molecule has 0 radical (unpaired) electrons. The van der Waals surface area contributed by atoms with Crippen molar-refractivity contribution in [3.8, 4) is 0 Å². The first-order valence-electron chi connectivity index (χ1n) is 5.20. The number of carbonyl (C=O) groups excluding carboxylic acids is 1. The summed E-state index contributed by atoms with van der Waals surface area (Å²) >= 11 is 0. The lowest BCUT2D eigenvalue weighted by Crippen LogP contribution is -2.18. The third-order valence-electron chi connectivity index (χ3n) is 2.07. The lowest BCUT2D eigenvalue weighted by molar-refractivity contribution is -0.115. The highest BCUT2D eigenvalue weighted by Crippen LogP contribution is 2.06. The molecule has 0 heterocycles. The summed E-state index contributed by atoms with van der Waals surface area (Å²) in [5.74, 6) is -0.549. The fourth-order valence-corrected chi connectivity index (χ4v) is 2.28. The summed E-state index contributed by atoms with van der Waals surface area (Å²) in [5.41, 5.74) is 0.665. The Kier molecular flexibility index (Phi) is 4.90. The quantitative estimate of drug-likeness (QED) is 0.783. The molecule has 4 nitrogen and oxygen atoms in total. The maximum atomic E-state index is 11.5. The van der Waals surface area contributed by atoms with Crippen molar-refractivity contribution in [2.45, 2.75) is 6.42 Å². The highest BCUT2D eigenvalue weighted by atomic mass is 32.2. The summed E-state index contributed by atoms with van der Waals surface area (Å²) in [6, 6.07) is 8.92. The lowest BCUT2D eigenvalue weighted by Gasteiger charge is -2.04. The molecule has 0 aliphatic heterocycles. The van der Waals surface area contributed by atoms with Gasteiger partial charge in [0.15, 0.2) is 9.84 Å². The maximum Gasteiger partial charge on any atom is 0.225 e. The van der Waals surface area contributed by atoms with Crippen molar-refractivity contribution in [1.29, 1.82) is 0 Å². The molecule has 1 amide bonds. The second-order valence-electron chi connectivity index (χ2n) is 3.57. The highest BCUT2D eigenvalue weighted by Gasteiger charge is 2.11. The van der Waals surface area contributed by atoms with E-state index < -0.39 is 9.84 Å². The Morgan fingerprint density at radius 1 is 1.29 bits per heavy atom. The van der Waals surface area contributed by atoms with Crippen molar-refractivity contribution >= 4 is 21.4 Å². The maximum absolute atomic E-state index is 11.5. The molecule has 0 saturated heterocycles. The van der Waals surface area contributed by atoms with Gasteiger partial charge in [0.05, 0.1) is 11.5 Å². The second kappa shape index (κ2) is 6.20. The van der Waals surface area contributed by atoms with E-state index in [1.165, 1.54) is 6.08 Å². The van der Waals surface area contributed by atoms with Gasteiger partial charge in [-0.05, 0) is 12.1 Å². The first kappa shape index (κ1) is 13.4. The topological polar surface area (TPSA) is 63.2 Å². The lowest BCUT2D eigenvalue weighted by atomic mass is 10.3. The van der Waals surface area contributed by atoms with Crippen LogP contribution in [-0.4, -0.2) is 25.8 Å². The van der Waals surface area contributed by atoms with E-state index in [1.54, 1.807) is 24.3 Å². The molecule has 0 fully saturated rings. The molecular weight excluding hydrogens is 238 g/mol. The van der Waals surface area contributed by atoms with Gasteiger partial charge in [0.2, 0.25) is 5.91 Å². The number of para-hydroxylation sites is 1. The van der Waals surface area contributed by atoms with Crippen molar-refractivity contribution in [2.24, 2.45) is 0 Å². The van der Waals surface area contributed by atoms with Crippen LogP contribution in [0.3, 0.4) is 0 Å². The molecule has 0 saturated carbocycles. The summed E-state index contributed by atoms with van der Waals surface area (Å²) in [6.07, 6.45) is 1.29. The number of carbonyl (C=O) groups is 1. The predicted molar refractivity (Wildman–Crippen MR) is 68.5 cm³/mol. The number of amides is 1. The molecule has 0 aliphatic rings. The number of benzene rings is 1. The van der Waals surface area contributed by atoms with Crippen molar-refractivity contribution in [3.05, 3.63) is 43.0 Å². The van der Waals surface area contributed by atoms with Gasteiger partial charge in [-0.15, -0.1) is 6.58 Å². The smallest absolute Gasteiger partial charge is 0.225 e. The van der Waals surface area contributed by atoms with Crippen LogP contribution in [0.4, 0.5) is 5.69 Å². The molecule has 17 heavy (non-hydrogen) atoms. The number of hydrogen-bond donors (Lipinski definition) is 1. The molecule has 0 spiro atoms. The van der Waals surface area contributed by atoms with E-state index in [0.29, 0.717) is 5.69 Å². The third-order valence-corrected chi connectivity index (χ3v) is 3.64. The van der Waals surface area contributed by atoms with E-state index in [2.05, 4.69) is 11.9 Å². The number of anilines is 1. The molecule has 0 aromatic heterocycles. The number of rotatable bonds is 6. The van der Waals surface area contributed by atoms with E-state index >= 15 is 0 Å². The van der Waals surface area contributed by atoms with Crippen molar-refractivity contribution in [1.82, 2.24) is 0 Å². The Morgan fingerprint density at radius 2 is 1.94 bits per heavy atom. The van der Waals surface area contributed by atoms with Gasteiger partial charge in [0.25, 0.3) is 0 Å². The van der Waals surface area contributed by atoms with Crippen LogP contribution in [-0.2, 0) is 14.6 Å². The van der Waals surface area contributed by atoms with Crippen molar-refractivity contribution in [3.63, 3.8) is 0 Å². The van der Waals surface area contributed by atoms with Gasteiger partial charge in [0, 0.05) is 12.1 Å². The Labute approximate surface area is 101 Å². The molecule has 1 aromatic rings. The summed E-state index contributed by atoms with van der Waals surface area (Å²) in [7, 11) is -3.20. The van der Waals surface area contributed by atoms with Gasteiger partial charge in [-0.2, -0.15) is 0 Å². The zero-order chi connectivity index (χ0) is 12.7. The van der Waals surface area contributed by atoms with Gasteiger partial charge in [-0.3, -0.25) is 4.79 Å². The average molecular weight is 253 g/mol. The van der Waals surface area contributed by atoms with Crippen LogP contribution in [0.5, 0.6) is 0 Å². The van der Waals surface area contributed by atoms with E-state index in [9.17, 15) is 13.2 Å². The third kappa shape index (κ3) is 5.31. The van der Waals surface area contributed by atoms with Gasteiger partial charge >= 0.3 is 0 Å². The van der Waals surface area contributed by atoms with Crippen LogP contribution in [0.2, 0.25) is 0 Å². The molecule has 0 aliphatic carbocycles. The summed E-state index contributed by atoms with van der Waals surface area (Å²) in [5, 5.41) is 2.63. The minimum Gasteiger partial charge on any atom is -0.326 e. The number of sulfone groups is 1. The molecule has 5 heteroatoms. The van der Waals surface area contributed by atoms with Crippen LogP contribution in [0.25, 0.3) is 0 Å². The van der Waals surface area contributed by atoms with Crippen LogP contribution in [0, 0.1) is 0 Å². The largest absolute Gasteiger partial charge is 0.326 e. The highest BCUT2D eigenvalue weighted by molar-refractivity contribution is 7.91. The molecule has 1 N–H and O–H groups in total. The standard InChI is InChI=1S/C12H15NO3S/c1-2-9-17(15,16)10-8-12(14)13-11-6-4-3-5-7-11/h2-7H,1,8-10H2,(H,13,14). The molecule has 0 bridgehead atoms. The average Bonchev–Trinajstić information content (AvgIpc) is 2.28. The van der Waals surface area contributed by atoms with E-state index in [-0.39, 0.29) is 23.8 Å². The predicted octanol–water partition coefficient (Wildman–Crippen LogP) is 1.62. The monoisotopic (exact) mass is 253 g/mol. The summed E-state index contributed by atoms with van der Waals surface area (Å²) in [4.78, 5) is 11.5. The fourth-order valence-electron chi connectivity index (χ4n) is 1.26.